The van der Waals surface area contributed by atoms with Gasteiger partial charge in [0.25, 0.3) is 0 Å². The van der Waals surface area contributed by atoms with Gasteiger partial charge in [-0.1, -0.05) is 42.5 Å². The number of benzene rings is 3. The third kappa shape index (κ3) is 5.46. The number of piperidine rings is 1. The first-order valence-electron chi connectivity index (χ1n) is 10.8. The van der Waals surface area contributed by atoms with Crippen LogP contribution in [0, 0.1) is 12.8 Å². The van der Waals surface area contributed by atoms with Gasteiger partial charge in [-0.05, 0) is 61.7 Å². The Balaban J connectivity index is 1.39. The van der Waals surface area contributed by atoms with Gasteiger partial charge in [-0.2, -0.15) is 0 Å². The number of carbonyl (C=O) groups excluding carboxylic acids is 2. The van der Waals surface area contributed by atoms with Crippen LogP contribution in [-0.4, -0.2) is 29.9 Å². The normalized spacial score (nSPS) is 15.7. The summed E-state index contributed by atoms with van der Waals surface area (Å²) in [5.41, 5.74) is 2.45. The molecule has 2 N–H and O–H groups in total. The number of hydrogen-bond donors (Lipinski definition) is 2. The van der Waals surface area contributed by atoms with Crippen molar-refractivity contribution in [2.24, 2.45) is 5.92 Å². The zero-order chi connectivity index (χ0) is 22.3. The van der Waals surface area contributed by atoms with Crippen molar-refractivity contribution >= 4 is 23.3 Å². The van der Waals surface area contributed by atoms with Crippen LogP contribution < -0.4 is 15.4 Å². The highest BCUT2D eigenvalue weighted by atomic mass is 16.5. The Morgan fingerprint density at radius 1 is 0.938 bits per heavy atom. The van der Waals surface area contributed by atoms with E-state index in [0.717, 1.165) is 24.1 Å². The van der Waals surface area contributed by atoms with Gasteiger partial charge >= 0.3 is 6.03 Å². The SMILES string of the molecule is Cc1cccc(NC(=O)N2CCC[C@H](C(=O)Nc3ccccc3Oc3ccccc3)C2)c1. The second-order valence-electron chi connectivity index (χ2n) is 7.99. The number of amides is 3. The van der Waals surface area contributed by atoms with Crippen LogP contribution in [0.15, 0.2) is 78.9 Å². The predicted octanol–water partition coefficient (Wildman–Crippen LogP) is 5.67. The lowest BCUT2D eigenvalue weighted by atomic mass is 9.97. The summed E-state index contributed by atoms with van der Waals surface area (Å²) in [6.07, 6.45) is 1.52. The first kappa shape index (κ1) is 21.4. The zero-order valence-corrected chi connectivity index (χ0v) is 18.1. The molecule has 1 heterocycles. The number of rotatable bonds is 5. The summed E-state index contributed by atoms with van der Waals surface area (Å²) in [5.74, 6) is 0.890. The number of likely N-dealkylation sites (tertiary alicyclic amines) is 1. The maximum absolute atomic E-state index is 13.0. The molecule has 0 radical (unpaired) electrons. The third-order valence-corrected chi connectivity index (χ3v) is 5.46. The van der Waals surface area contributed by atoms with Gasteiger partial charge in [-0.25, -0.2) is 4.79 Å². The molecule has 3 amide bonds. The van der Waals surface area contributed by atoms with E-state index in [9.17, 15) is 9.59 Å². The van der Waals surface area contributed by atoms with E-state index in [4.69, 9.17) is 4.74 Å². The van der Waals surface area contributed by atoms with Gasteiger partial charge in [-0.3, -0.25) is 4.79 Å². The average Bonchev–Trinajstić information content (AvgIpc) is 2.81. The summed E-state index contributed by atoms with van der Waals surface area (Å²) in [7, 11) is 0. The Morgan fingerprint density at radius 2 is 1.72 bits per heavy atom. The highest BCUT2D eigenvalue weighted by Gasteiger charge is 2.29. The van der Waals surface area contributed by atoms with E-state index >= 15 is 0 Å². The molecule has 1 aliphatic rings. The smallest absolute Gasteiger partial charge is 0.321 e. The molecule has 0 bridgehead atoms. The molecule has 0 spiro atoms. The fraction of sp³-hybridized carbons (Fsp3) is 0.231. The predicted molar refractivity (Wildman–Crippen MR) is 126 cm³/mol. The largest absolute Gasteiger partial charge is 0.455 e. The summed E-state index contributed by atoms with van der Waals surface area (Å²) < 4.78 is 5.94. The fourth-order valence-electron chi connectivity index (χ4n) is 3.81. The van der Waals surface area contributed by atoms with E-state index in [1.807, 2.05) is 85.8 Å². The van der Waals surface area contributed by atoms with Gasteiger partial charge in [-0.15, -0.1) is 0 Å². The Morgan fingerprint density at radius 3 is 2.53 bits per heavy atom. The molecule has 0 saturated carbocycles. The molecule has 3 aromatic carbocycles. The van der Waals surface area contributed by atoms with Crippen molar-refractivity contribution in [3.8, 4) is 11.5 Å². The van der Waals surface area contributed by atoms with Crippen molar-refractivity contribution < 1.29 is 14.3 Å². The number of para-hydroxylation sites is 3. The van der Waals surface area contributed by atoms with Crippen LogP contribution in [0.2, 0.25) is 0 Å². The van der Waals surface area contributed by atoms with Crippen LogP contribution in [0.4, 0.5) is 16.2 Å². The summed E-state index contributed by atoms with van der Waals surface area (Å²) in [4.78, 5) is 27.5. The molecule has 1 saturated heterocycles. The van der Waals surface area contributed by atoms with Crippen LogP contribution in [-0.2, 0) is 4.79 Å². The monoisotopic (exact) mass is 429 g/mol. The molecule has 0 unspecified atom stereocenters. The Hall–Kier alpha value is -3.80. The lowest BCUT2D eigenvalue weighted by Gasteiger charge is -2.32. The topological polar surface area (TPSA) is 70.7 Å². The molecule has 32 heavy (non-hydrogen) atoms. The molecule has 3 aromatic rings. The molecule has 164 valence electrons. The van der Waals surface area contributed by atoms with Crippen molar-refractivity contribution in [3.63, 3.8) is 0 Å². The van der Waals surface area contributed by atoms with Crippen LogP contribution >= 0.6 is 0 Å². The summed E-state index contributed by atoms with van der Waals surface area (Å²) >= 11 is 0. The minimum Gasteiger partial charge on any atom is -0.455 e. The van der Waals surface area contributed by atoms with Crippen molar-refractivity contribution in [3.05, 3.63) is 84.4 Å². The number of aryl methyl sites for hydroxylation is 1. The van der Waals surface area contributed by atoms with E-state index in [0.29, 0.717) is 30.3 Å². The van der Waals surface area contributed by atoms with Gasteiger partial charge in [0.05, 0.1) is 11.6 Å². The highest BCUT2D eigenvalue weighted by molar-refractivity contribution is 5.95. The number of urea groups is 1. The Bertz CT molecular complexity index is 1080. The maximum Gasteiger partial charge on any atom is 0.321 e. The fourth-order valence-corrected chi connectivity index (χ4v) is 3.81. The number of ether oxygens (including phenoxy) is 1. The standard InChI is InChI=1S/C26H27N3O3/c1-19-9-7-11-21(17-19)27-26(31)29-16-8-10-20(18-29)25(30)28-23-14-5-6-15-24(23)32-22-12-3-2-4-13-22/h2-7,9,11-15,17,20H,8,10,16,18H2,1H3,(H,27,31)(H,28,30)/t20-/m0/s1. The molecule has 4 rings (SSSR count). The molecule has 0 aromatic heterocycles. The Kier molecular flexibility index (Phi) is 6.70. The third-order valence-electron chi connectivity index (χ3n) is 5.46. The van der Waals surface area contributed by atoms with E-state index in [2.05, 4.69) is 10.6 Å². The molecule has 6 nitrogen and oxygen atoms in total. The summed E-state index contributed by atoms with van der Waals surface area (Å²) in [6, 6.07) is 24.3. The maximum atomic E-state index is 13.0. The first-order valence-corrected chi connectivity index (χ1v) is 10.8. The molecule has 0 aliphatic carbocycles. The van der Waals surface area contributed by atoms with E-state index in [1.54, 1.807) is 4.90 Å². The average molecular weight is 430 g/mol. The lowest BCUT2D eigenvalue weighted by molar-refractivity contribution is -0.121. The van der Waals surface area contributed by atoms with Crippen LogP contribution in [0.5, 0.6) is 11.5 Å². The molecule has 1 fully saturated rings. The van der Waals surface area contributed by atoms with Crippen molar-refractivity contribution in [1.82, 2.24) is 4.90 Å². The summed E-state index contributed by atoms with van der Waals surface area (Å²) in [5, 5.41) is 5.93. The molecular formula is C26H27N3O3. The van der Waals surface area contributed by atoms with Crippen molar-refractivity contribution in [2.75, 3.05) is 23.7 Å². The van der Waals surface area contributed by atoms with Gasteiger partial charge in [0, 0.05) is 18.8 Å². The van der Waals surface area contributed by atoms with E-state index in [-0.39, 0.29) is 17.9 Å². The van der Waals surface area contributed by atoms with E-state index in [1.165, 1.54) is 0 Å². The van der Waals surface area contributed by atoms with E-state index < -0.39 is 0 Å². The number of carbonyl (C=O) groups is 2. The van der Waals surface area contributed by atoms with Gasteiger partial charge in [0.2, 0.25) is 5.91 Å². The highest BCUT2D eigenvalue weighted by Crippen LogP contribution is 2.30. The number of nitrogens with one attached hydrogen (secondary N) is 2. The molecule has 1 atom stereocenters. The van der Waals surface area contributed by atoms with Gasteiger partial charge < -0.3 is 20.3 Å². The zero-order valence-electron chi connectivity index (χ0n) is 18.1. The number of nitrogens with zero attached hydrogens (tertiary/aromatic N) is 1. The summed E-state index contributed by atoms with van der Waals surface area (Å²) in [6.45, 7) is 3.00. The van der Waals surface area contributed by atoms with Gasteiger partial charge in [0.15, 0.2) is 5.75 Å². The van der Waals surface area contributed by atoms with Crippen LogP contribution in [0.25, 0.3) is 0 Å². The molecular weight excluding hydrogens is 402 g/mol. The first-order chi connectivity index (χ1) is 15.6. The quantitative estimate of drug-likeness (QED) is 0.549. The number of anilines is 2. The van der Waals surface area contributed by atoms with Crippen molar-refractivity contribution in [2.45, 2.75) is 19.8 Å². The van der Waals surface area contributed by atoms with Gasteiger partial charge in [0.1, 0.15) is 5.75 Å². The minimum atomic E-state index is -0.281. The second kappa shape index (κ2) is 10.0. The minimum absolute atomic E-state index is 0.109. The van der Waals surface area contributed by atoms with Crippen LogP contribution in [0.3, 0.4) is 0 Å². The lowest BCUT2D eigenvalue weighted by Crippen LogP contribution is -2.45. The molecule has 6 heteroatoms. The van der Waals surface area contributed by atoms with Crippen LogP contribution in [0.1, 0.15) is 18.4 Å². The van der Waals surface area contributed by atoms with Crippen molar-refractivity contribution in [1.29, 1.82) is 0 Å². The number of hydrogen-bond acceptors (Lipinski definition) is 3. The molecule has 1 aliphatic heterocycles. The Labute approximate surface area is 188 Å². The second-order valence-corrected chi connectivity index (χ2v) is 7.99.